The number of carbonyl (C=O) groups excluding carboxylic acids is 1. The standard InChI is InChI=1S/C19H20N4O2/c1-10-5-4-6-13(9-10)16-15(19(21)25)18(20)23(22-16)17-11(2)7-8-14(24)12(17)3/h4-9,24H,20H2,1-3H3,(H2,21,25). The van der Waals surface area contributed by atoms with E-state index in [2.05, 4.69) is 5.10 Å². The normalized spacial score (nSPS) is 10.8. The maximum atomic E-state index is 12.0. The second kappa shape index (κ2) is 5.98. The third-order valence-corrected chi connectivity index (χ3v) is 4.27. The van der Waals surface area contributed by atoms with E-state index in [0.29, 0.717) is 16.9 Å². The number of primary amides is 1. The Labute approximate surface area is 145 Å². The first kappa shape index (κ1) is 16.6. The smallest absolute Gasteiger partial charge is 0.254 e. The monoisotopic (exact) mass is 336 g/mol. The number of hydrogen-bond acceptors (Lipinski definition) is 4. The molecular formula is C19H20N4O2. The molecule has 0 atom stereocenters. The quantitative estimate of drug-likeness (QED) is 0.683. The van der Waals surface area contributed by atoms with Crippen molar-refractivity contribution in [2.24, 2.45) is 5.73 Å². The van der Waals surface area contributed by atoms with Crippen molar-refractivity contribution in [1.29, 1.82) is 0 Å². The average molecular weight is 336 g/mol. The fourth-order valence-corrected chi connectivity index (χ4v) is 2.99. The number of nitrogens with zero attached hydrogens (tertiary/aromatic N) is 2. The van der Waals surface area contributed by atoms with Gasteiger partial charge < -0.3 is 16.6 Å². The summed E-state index contributed by atoms with van der Waals surface area (Å²) in [4.78, 5) is 12.0. The van der Waals surface area contributed by atoms with E-state index in [-0.39, 0.29) is 17.1 Å². The van der Waals surface area contributed by atoms with Gasteiger partial charge in [-0.1, -0.05) is 29.8 Å². The summed E-state index contributed by atoms with van der Waals surface area (Å²) in [6.07, 6.45) is 0. The summed E-state index contributed by atoms with van der Waals surface area (Å²) >= 11 is 0. The van der Waals surface area contributed by atoms with Gasteiger partial charge in [-0.05, 0) is 38.5 Å². The van der Waals surface area contributed by atoms with Crippen LogP contribution in [0, 0.1) is 20.8 Å². The molecule has 0 spiro atoms. The molecule has 5 N–H and O–H groups in total. The lowest BCUT2D eigenvalue weighted by Crippen LogP contribution is -2.14. The summed E-state index contributed by atoms with van der Waals surface area (Å²) in [7, 11) is 0. The van der Waals surface area contributed by atoms with Crippen LogP contribution in [0.3, 0.4) is 0 Å². The number of nitrogens with two attached hydrogens (primary N) is 2. The van der Waals surface area contributed by atoms with E-state index in [9.17, 15) is 9.90 Å². The summed E-state index contributed by atoms with van der Waals surface area (Å²) in [6, 6.07) is 11.0. The highest BCUT2D eigenvalue weighted by atomic mass is 16.3. The van der Waals surface area contributed by atoms with Gasteiger partial charge in [0.25, 0.3) is 5.91 Å². The number of anilines is 1. The Balaban J connectivity index is 2.34. The number of benzene rings is 2. The average Bonchev–Trinajstić information content (AvgIpc) is 2.89. The lowest BCUT2D eigenvalue weighted by Gasteiger charge is -2.12. The molecule has 0 aliphatic carbocycles. The summed E-state index contributed by atoms with van der Waals surface area (Å²) in [5.74, 6) is -0.357. The lowest BCUT2D eigenvalue weighted by atomic mass is 10.0. The molecule has 1 heterocycles. The Bertz CT molecular complexity index is 989. The Kier molecular flexibility index (Phi) is 3.96. The zero-order valence-corrected chi connectivity index (χ0v) is 14.4. The van der Waals surface area contributed by atoms with Crippen molar-refractivity contribution in [2.45, 2.75) is 20.8 Å². The minimum atomic E-state index is -0.643. The van der Waals surface area contributed by atoms with E-state index in [1.165, 1.54) is 4.68 Å². The van der Waals surface area contributed by atoms with Crippen LogP contribution in [0.5, 0.6) is 5.75 Å². The minimum absolute atomic E-state index is 0.133. The van der Waals surface area contributed by atoms with Gasteiger partial charge in [0.1, 0.15) is 22.8 Å². The molecule has 128 valence electrons. The first-order valence-corrected chi connectivity index (χ1v) is 7.86. The highest BCUT2D eigenvalue weighted by molar-refractivity contribution is 6.03. The molecule has 6 heteroatoms. The van der Waals surface area contributed by atoms with Gasteiger partial charge >= 0.3 is 0 Å². The topological polar surface area (TPSA) is 107 Å². The second-order valence-electron chi connectivity index (χ2n) is 6.13. The van der Waals surface area contributed by atoms with Gasteiger partial charge in [-0.15, -0.1) is 0 Å². The van der Waals surface area contributed by atoms with Crippen molar-refractivity contribution in [3.05, 3.63) is 58.7 Å². The van der Waals surface area contributed by atoms with Crippen LogP contribution in [0.4, 0.5) is 5.82 Å². The molecule has 0 fully saturated rings. The molecule has 0 aliphatic heterocycles. The van der Waals surface area contributed by atoms with Crippen molar-refractivity contribution in [1.82, 2.24) is 9.78 Å². The first-order valence-electron chi connectivity index (χ1n) is 7.86. The summed E-state index contributed by atoms with van der Waals surface area (Å²) < 4.78 is 1.47. The molecule has 1 amide bonds. The van der Waals surface area contributed by atoms with Gasteiger partial charge in [-0.2, -0.15) is 5.10 Å². The van der Waals surface area contributed by atoms with Gasteiger partial charge in [0, 0.05) is 11.1 Å². The molecule has 2 aromatic carbocycles. The molecule has 3 rings (SSSR count). The summed E-state index contributed by atoms with van der Waals surface area (Å²) in [5, 5.41) is 14.6. The Morgan fingerprint density at radius 3 is 2.52 bits per heavy atom. The maximum Gasteiger partial charge on any atom is 0.254 e. The van der Waals surface area contributed by atoms with Gasteiger partial charge in [0.15, 0.2) is 0 Å². The molecule has 0 saturated carbocycles. The van der Waals surface area contributed by atoms with Crippen LogP contribution in [0.1, 0.15) is 27.0 Å². The van der Waals surface area contributed by atoms with E-state index in [1.54, 1.807) is 19.1 Å². The summed E-state index contributed by atoms with van der Waals surface area (Å²) in [6.45, 7) is 5.62. The number of aromatic nitrogens is 2. The fourth-order valence-electron chi connectivity index (χ4n) is 2.99. The fraction of sp³-hybridized carbons (Fsp3) is 0.158. The number of carbonyl (C=O) groups is 1. The highest BCUT2D eigenvalue weighted by Gasteiger charge is 2.24. The van der Waals surface area contributed by atoms with E-state index in [0.717, 1.165) is 16.7 Å². The molecule has 0 bridgehead atoms. The first-order chi connectivity index (χ1) is 11.8. The number of nitrogen functional groups attached to an aromatic ring is 1. The molecule has 3 aromatic rings. The van der Waals surface area contributed by atoms with Crippen LogP contribution in [-0.2, 0) is 0 Å². The predicted molar refractivity (Wildman–Crippen MR) is 97.8 cm³/mol. The Hall–Kier alpha value is -3.28. The molecule has 1 aromatic heterocycles. The van der Waals surface area contributed by atoms with Gasteiger partial charge in [0.2, 0.25) is 0 Å². The number of aryl methyl sites for hydroxylation is 2. The number of rotatable bonds is 3. The predicted octanol–water partition coefficient (Wildman–Crippen LogP) is 2.85. The zero-order valence-electron chi connectivity index (χ0n) is 14.4. The van der Waals surface area contributed by atoms with Crippen LogP contribution in [0.25, 0.3) is 16.9 Å². The van der Waals surface area contributed by atoms with E-state index < -0.39 is 5.91 Å². The highest BCUT2D eigenvalue weighted by Crippen LogP contribution is 2.33. The number of hydrogen-bond donors (Lipinski definition) is 3. The lowest BCUT2D eigenvalue weighted by molar-refractivity contribution is 0.100. The Morgan fingerprint density at radius 2 is 1.88 bits per heavy atom. The maximum absolute atomic E-state index is 12.0. The van der Waals surface area contributed by atoms with Crippen molar-refractivity contribution >= 4 is 11.7 Å². The SMILES string of the molecule is Cc1cccc(-c2nn(-c3c(C)ccc(O)c3C)c(N)c2C(N)=O)c1. The zero-order chi connectivity index (χ0) is 18.3. The second-order valence-corrected chi connectivity index (χ2v) is 6.13. The van der Waals surface area contributed by atoms with Gasteiger partial charge in [-0.25, -0.2) is 4.68 Å². The van der Waals surface area contributed by atoms with Crippen LogP contribution < -0.4 is 11.5 Å². The third-order valence-electron chi connectivity index (χ3n) is 4.27. The van der Waals surface area contributed by atoms with Crippen molar-refractivity contribution < 1.29 is 9.90 Å². The molecular weight excluding hydrogens is 316 g/mol. The van der Waals surface area contributed by atoms with Crippen LogP contribution in [0.2, 0.25) is 0 Å². The third kappa shape index (κ3) is 2.71. The molecule has 0 unspecified atom stereocenters. The van der Waals surface area contributed by atoms with Gasteiger partial charge in [-0.3, -0.25) is 4.79 Å². The van der Waals surface area contributed by atoms with E-state index in [4.69, 9.17) is 11.5 Å². The number of phenols is 1. The largest absolute Gasteiger partial charge is 0.508 e. The molecule has 25 heavy (non-hydrogen) atoms. The van der Waals surface area contributed by atoms with Gasteiger partial charge in [0.05, 0.1) is 5.69 Å². The molecule has 0 saturated heterocycles. The molecule has 0 radical (unpaired) electrons. The number of phenolic OH excluding ortho intramolecular Hbond substituents is 1. The van der Waals surface area contributed by atoms with E-state index in [1.807, 2.05) is 38.1 Å². The van der Waals surface area contributed by atoms with Crippen LogP contribution in [-0.4, -0.2) is 20.8 Å². The number of amides is 1. The van der Waals surface area contributed by atoms with Crippen LogP contribution >= 0.6 is 0 Å². The van der Waals surface area contributed by atoms with Crippen molar-refractivity contribution in [3.63, 3.8) is 0 Å². The molecule has 0 aliphatic rings. The summed E-state index contributed by atoms with van der Waals surface area (Å²) in [5.41, 5.74) is 16.3. The van der Waals surface area contributed by atoms with Crippen LogP contribution in [0.15, 0.2) is 36.4 Å². The minimum Gasteiger partial charge on any atom is -0.508 e. The number of aromatic hydroxyl groups is 1. The Morgan fingerprint density at radius 1 is 1.16 bits per heavy atom. The van der Waals surface area contributed by atoms with E-state index >= 15 is 0 Å². The van der Waals surface area contributed by atoms with Crippen molar-refractivity contribution in [3.8, 4) is 22.7 Å². The molecule has 6 nitrogen and oxygen atoms in total. The van der Waals surface area contributed by atoms with Crippen molar-refractivity contribution in [2.75, 3.05) is 5.73 Å².